The van der Waals surface area contributed by atoms with Crippen LogP contribution in [-0.2, 0) is 9.59 Å². The Morgan fingerprint density at radius 2 is 1.85 bits per heavy atom. The van der Waals surface area contributed by atoms with Crippen molar-refractivity contribution in [2.75, 3.05) is 6.54 Å². The molecular formula is C26H35N3O3S. The van der Waals surface area contributed by atoms with Crippen LogP contribution in [0.5, 0.6) is 0 Å². The third-order valence-corrected chi connectivity index (χ3v) is 8.37. The average molecular weight is 470 g/mol. The Morgan fingerprint density at radius 3 is 2.48 bits per heavy atom. The minimum atomic E-state index is -0.652. The maximum atomic E-state index is 13.3. The van der Waals surface area contributed by atoms with Crippen LogP contribution in [0, 0.1) is 18.8 Å². The van der Waals surface area contributed by atoms with Crippen LogP contribution < -0.4 is 5.32 Å². The molecule has 2 aromatic rings. The number of rotatable bonds is 6. The van der Waals surface area contributed by atoms with E-state index in [0.717, 1.165) is 34.5 Å². The minimum Gasteiger partial charge on any atom is -0.391 e. The number of hydrogen-bond donors (Lipinski definition) is 2. The zero-order valence-corrected chi connectivity index (χ0v) is 20.6. The number of benzene rings is 1. The van der Waals surface area contributed by atoms with Crippen LogP contribution >= 0.6 is 11.3 Å². The molecular weight excluding hydrogens is 434 g/mol. The molecule has 4 atom stereocenters. The summed E-state index contributed by atoms with van der Waals surface area (Å²) in [5.74, 6) is 0.0968. The predicted molar refractivity (Wildman–Crippen MR) is 131 cm³/mol. The van der Waals surface area contributed by atoms with Gasteiger partial charge in [0.1, 0.15) is 6.04 Å². The summed E-state index contributed by atoms with van der Waals surface area (Å²) in [6.45, 7) is 6.19. The highest BCUT2D eigenvalue weighted by molar-refractivity contribution is 7.13. The van der Waals surface area contributed by atoms with Crippen molar-refractivity contribution in [1.82, 2.24) is 15.2 Å². The van der Waals surface area contributed by atoms with E-state index in [1.165, 1.54) is 19.3 Å². The van der Waals surface area contributed by atoms with Gasteiger partial charge in [-0.15, -0.1) is 11.3 Å². The molecule has 178 valence electrons. The fourth-order valence-corrected chi connectivity index (χ4v) is 6.11. The van der Waals surface area contributed by atoms with Crippen molar-refractivity contribution in [3.63, 3.8) is 0 Å². The number of hydrogen-bond acceptors (Lipinski definition) is 5. The Bertz CT molecular complexity index is 967. The first-order chi connectivity index (χ1) is 15.8. The molecule has 1 saturated heterocycles. The van der Waals surface area contributed by atoms with E-state index in [4.69, 9.17) is 0 Å². The number of amides is 2. The number of carbonyl (C=O) groups is 2. The largest absolute Gasteiger partial charge is 0.391 e. The second kappa shape index (κ2) is 10.3. The fourth-order valence-electron chi connectivity index (χ4n) is 5.30. The van der Waals surface area contributed by atoms with Crippen molar-refractivity contribution in [2.45, 2.75) is 77.5 Å². The van der Waals surface area contributed by atoms with Crippen molar-refractivity contribution < 1.29 is 14.7 Å². The van der Waals surface area contributed by atoms with Crippen molar-refractivity contribution in [2.24, 2.45) is 11.8 Å². The lowest BCUT2D eigenvalue weighted by molar-refractivity contribution is -0.143. The second-order valence-electron chi connectivity index (χ2n) is 9.70. The first kappa shape index (κ1) is 23.9. The Kier molecular flexibility index (Phi) is 7.49. The van der Waals surface area contributed by atoms with Gasteiger partial charge in [-0.05, 0) is 43.7 Å². The molecule has 1 aromatic carbocycles. The number of aryl methyl sites for hydroxylation is 1. The van der Waals surface area contributed by atoms with Crippen molar-refractivity contribution in [3.05, 3.63) is 41.0 Å². The quantitative estimate of drug-likeness (QED) is 0.654. The minimum absolute atomic E-state index is 0.00975. The molecule has 1 aliphatic carbocycles. The molecule has 1 saturated carbocycles. The first-order valence-electron chi connectivity index (χ1n) is 12.1. The molecule has 6 nitrogen and oxygen atoms in total. The number of aromatic nitrogens is 1. The lowest BCUT2D eigenvalue weighted by Gasteiger charge is -2.32. The van der Waals surface area contributed by atoms with Gasteiger partial charge in [-0.2, -0.15) is 0 Å². The predicted octanol–water partition coefficient (Wildman–Crippen LogP) is 4.47. The van der Waals surface area contributed by atoms with E-state index in [9.17, 15) is 14.7 Å². The molecule has 7 heteroatoms. The highest BCUT2D eigenvalue weighted by atomic mass is 32.1. The first-order valence-corrected chi connectivity index (χ1v) is 13.0. The number of aliphatic hydroxyl groups excluding tert-OH is 1. The van der Waals surface area contributed by atoms with Crippen molar-refractivity contribution in [3.8, 4) is 10.4 Å². The summed E-state index contributed by atoms with van der Waals surface area (Å²) in [6, 6.07) is 7.35. The lowest BCUT2D eigenvalue weighted by atomic mass is 9.80. The lowest BCUT2D eigenvalue weighted by Crippen LogP contribution is -2.49. The van der Waals surface area contributed by atoms with Crippen molar-refractivity contribution in [1.29, 1.82) is 0 Å². The topological polar surface area (TPSA) is 82.5 Å². The van der Waals surface area contributed by atoms with Crippen LogP contribution in [0.1, 0.15) is 69.7 Å². The van der Waals surface area contributed by atoms with Crippen LogP contribution in [0.15, 0.2) is 29.8 Å². The van der Waals surface area contributed by atoms with E-state index in [-0.39, 0.29) is 30.3 Å². The molecule has 0 radical (unpaired) electrons. The zero-order valence-electron chi connectivity index (χ0n) is 19.8. The summed E-state index contributed by atoms with van der Waals surface area (Å²) >= 11 is 1.62. The molecule has 1 aliphatic heterocycles. The summed E-state index contributed by atoms with van der Waals surface area (Å²) < 4.78 is 0. The monoisotopic (exact) mass is 469 g/mol. The number of thiazole rings is 1. The summed E-state index contributed by atoms with van der Waals surface area (Å²) in [4.78, 5) is 33.5. The Balaban J connectivity index is 1.40. The smallest absolute Gasteiger partial charge is 0.243 e. The third kappa shape index (κ3) is 5.30. The molecule has 0 spiro atoms. The fraction of sp³-hybridized carbons (Fsp3) is 0.577. The number of nitrogens with zero attached hydrogens (tertiary/aromatic N) is 2. The SMILES string of the molecule is Cc1ncsc1-c1ccc([C@H](C)NC(=O)[C@@H]2C[C@@H](O)CN2C(=O)[C@@H](C)C2CCCCC2)cc1. The third-order valence-electron chi connectivity index (χ3n) is 7.39. The van der Waals surface area contributed by atoms with E-state index in [2.05, 4.69) is 22.4 Å². The normalized spacial score (nSPS) is 23.3. The zero-order chi connectivity index (χ0) is 23.5. The van der Waals surface area contributed by atoms with Gasteiger partial charge >= 0.3 is 0 Å². The van der Waals surface area contributed by atoms with Crippen LogP contribution in [0.4, 0.5) is 0 Å². The Labute approximate surface area is 200 Å². The second-order valence-corrected chi connectivity index (χ2v) is 10.6. The van der Waals surface area contributed by atoms with Gasteiger partial charge in [0.15, 0.2) is 0 Å². The van der Waals surface area contributed by atoms with Gasteiger partial charge in [0.2, 0.25) is 11.8 Å². The molecule has 1 aromatic heterocycles. The van der Waals surface area contributed by atoms with Crippen molar-refractivity contribution >= 4 is 23.2 Å². The van der Waals surface area contributed by atoms with E-state index < -0.39 is 12.1 Å². The van der Waals surface area contributed by atoms with E-state index >= 15 is 0 Å². The maximum absolute atomic E-state index is 13.3. The number of nitrogens with one attached hydrogen (secondary N) is 1. The number of aliphatic hydroxyl groups is 1. The van der Waals surface area contributed by atoms with Gasteiger partial charge in [0.25, 0.3) is 0 Å². The molecule has 2 amide bonds. The molecule has 4 rings (SSSR count). The highest BCUT2D eigenvalue weighted by Crippen LogP contribution is 2.33. The summed E-state index contributed by atoms with van der Waals surface area (Å²) in [5.41, 5.74) is 4.98. The highest BCUT2D eigenvalue weighted by Gasteiger charge is 2.42. The number of β-amino-alcohol motifs (C(OH)–C–C–N with tert-alkyl or cyclic N) is 1. The summed E-state index contributed by atoms with van der Waals surface area (Å²) in [6.07, 6.45) is 5.39. The number of likely N-dealkylation sites (tertiary alicyclic amines) is 1. The Hall–Kier alpha value is -2.25. The standard InChI is InChI=1S/C26H35N3O3S/c1-16(19-7-5-4-6-8-19)26(32)29-14-22(30)13-23(29)25(31)28-17(2)20-9-11-21(12-10-20)24-18(3)27-15-33-24/h9-12,15-17,19,22-23,30H,4-8,13-14H2,1-3H3,(H,28,31)/t16-,17-,22+,23-/m0/s1. The van der Waals surface area contributed by atoms with Gasteiger partial charge in [-0.25, -0.2) is 4.98 Å². The van der Waals surface area contributed by atoms with Gasteiger partial charge < -0.3 is 15.3 Å². The van der Waals surface area contributed by atoms with Crippen LogP contribution in [0.25, 0.3) is 10.4 Å². The average Bonchev–Trinajstić information content (AvgIpc) is 3.44. The molecule has 0 bridgehead atoms. The molecule has 33 heavy (non-hydrogen) atoms. The van der Waals surface area contributed by atoms with E-state index in [0.29, 0.717) is 12.3 Å². The van der Waals surface area contributed by atoms with Crippen LogP contribution in [0.3, 0.4) is 0 Å². The molecule has 2 aliphatic rings. The van der Waals surface area contributed by atoms with Gasteiger partial charge in [0.05, 0.1) is 28.2 Å². The molecule has 2 N–H and O–H groups in total. The number of carbonyl (C=O) groups excluding carboxylic acids is 2. The summed E-state index contributed by atoms with van der Waals surface area (Å²) in [5, 5.41) is 13.4. The van der Waals surface area contributed by atoms with E-state index in [1.807, 2.05) is 38.4 Å². The van der Waals surface area contributed by atoms with Gasteiger partial charge in [0, 0.05) is 18.9 Å². The molecule has 0 unspecified atom stereocenters. The molecule has 2 fully saturated rings. The van der Waals surface area contributed by atoms with Crippen LogP contribution in [-0.4, -0.2) is 45.5 Å². The Morgan fingerprint density at radius 1 is 1.15 bits per heavy atom. The van der Waals surface area contributed by atoms with Gasteiger partial charge in [-0.3, -0.25) is 9.59 Å². The van der Waals surface area contributed by atoms with Gasteiger partial charge in [-0.1, -0.05) is 50.5 Å². The van der Waals surface area contributed by atoms with E-state index in [1.54, 1.807) is 16.2 Å². The molecule has 2 heterocycles. The summed E-state index contributed by atoms with van der Waals surface area (Å²) in [7, 11) is 0. The van der Waals surface area contributed by atoms with Crippen LogP contribution in [0.2, 0.25) is 0 Å². The maximum Gasteiger partial charge on any atom is 0.243 e.